The number of hydrogen-bond acceptors (Lipinski definition) is 4. The SMILES string of the molecule is CCCc1nc(-c2ccc(F)cc2)ncc1C(=O)OCC. The molecule has 0 aliphatic heterocycles. The monoisotopic (exact) mass is 288 g/mol. The first-order chi connectivity index (χ1) is 10.2. The number of carbonyl (C=O) groups is 1. The van der Waals surface area contributed by atoms with E-state index in [9.17, 15) is 9.18 Å². The van der Waals surface area contributed by atoms with Gasteiger partial charge in [-0.05, 0) is 37.6 Å². The van der Waals surface area contributed by atoms with Crippen LogP contribution in [0.2, 0.25) is 0 Å². The summed E-state index contributed by atoms with van der Waals surface area (Å²) in [5.41, 5.74) is 1.76. The number of aryl methyl sites for hydroxylation is 1. The quantitative estimate of drug-likeness (QED) is 0.791. The first-order valence-electron chi connectivity index (χ1n) is 6.94. The Bertz CT molecular complexity index is 627. The molecule has 0 radical (unpaired) electrons. The molecule has 0 N–H and O–H groups in total. The second-order valence-electron chi connectivity index (χ2n) is 4.53. The fraction of sp³-hybridized carbons (Fsp3) is 0.312. The Hall–Kier alpha value is -2.30. The fourth-order valence-electron chi connectivity index (χ4n) is 1.96. The van der Waals surface area contributed by atoms with Gasteiger partial charge in [0.15, 0.2) is 5.82 Å². The van der Waals surface area contributed by atoms with Gasteiger partial charge in [0.1, 0.15) is 5.82 Å². The summed E-state index contributed by atoms with van der Waals surface area (Å²) in [6.45, 7) is 4.07. The molecule has 110 valence electrons. The lowest BCUT2D eigenvalue weighted by atomic mass is 10.1. The number of esters is 1. The lowest BCUT2D eigenvalue weighted by Gasteiger charge is -2.09. The fourth-order valence-corrected chi connectivity index (χ4v) is 1.96. The number of rotatable bonds is 5. The lowest BCUT2D eigenvalue weighted by Crippen LogP contribution is -2.11. The Morgan fingerprint density at radius 1 is 1.24 bits per heavy atom. The van der Waals surface area contributed by atoms with Crippen LogP contribution in [0.5, 0.6) is 0 Å². The zero-order valence-corrected chi connectivity index (χ0v) is 12.1. The van der Waals surface area contributed by atoms with Crippen molar-refractivity contribution in [2.75, 3.05) is 6.61 Å². The van der Waals surface area contributed by atoms with Gasteiger partial charge >= 0.3 is 5.97 Å². The summed E-state index contributed by atoms with van der Waals surface area (Å²) in [4.78, 5) is 20.5. The van der Waals surface area contributed by atoms with Crippen molar-refractivity contribution >= 4 is 5.97 Å². The number of ether oxygens (including phenoxy) is 1. The average Bonchev–Trinajstić information content (AvgIpc) is 2.48. The van der Waals surface area contributed by atoms with Crippen LogP contribution in [0.15, 0.2) is 30.5 Å². The van der Waals surface area contributed by atoms with Crippen LogP contribution in [0.4, 0.5) is 4.39 Å². The number of benzene rings is 1. The summed E-state index contributed by atoms with van der Waals surface area (Å²) in [6, 6.07) is 5.95. The Morgan fingerprint density at radius 3 is 2.57 bits per heavy atom. The molecular formula is C16H17FN2O2. The van der Waals surface area contributed by atoms with E-state index >= 15 is 0 Å². The minimum Gasteiger partial charge on any atom is -0.462 e. The summed E-state index contributed by atoms with van der Waals surface area (Å²) in [7, 11) is 0. The number of aromatic nitrogens is 2. The molecule has 2 aromatic rings. The minimum absolute atomic E-state index is 0.310. The summed E-state index contributed by atoms with van der Waals surface area (Å²) in [5, 5.41) is 0. The van der Waals surface area contributed by atoms with Crippen molar-refractivity contribution in [2.45, 2.75) is 26.7 Å². The van der Waals surface area contributed by atoms with Gasteiger partial charge in [0.2, 0.25) is 0 Å². The Morgan fingerprint density at radius 2 is 1.95 bits per heavy atom. The molecule has 1 aromatic carbocycles. The molecule has 5 heteroatoms. The number of nitrogens with zero attached hydrogens (tertiary/aromatic N) is 2. The predicted octanol–water partition coefficient (Wildman–Crippen LogP) is 3.41. The van der Waals surface area contributed by atoms with Crippen molar-refractivity contribution < 1.29 is 13.9 Å². The average molecular weight is 288 g/mol. The van der Waals surface area contributed by atoms with Gasteiger partial charge in [0.05, 0.1) is 17.9 Å². The summed E-state index contributed by atoms with van der Waals surface area (Å²) >= 11 is 0. The molecule has 0 amide bonds. The highest BCUT2D eigenvalue weighted by Gasteiger charge is 2.15. The molecule has 21 heavy (non-hydrogen) atoms. The zero-order valence-electron chi connectivity index (χ0n) is 12.1. The van der Waals surface area contributed by atoms with Crippen molar-refractivity contribution in [3.05, 3.63) is 47.5 Å². The molecule has 0 aliphatic rings. The van der Waals surface area contributed by atoms with Gasteiger partial charge in [-0.25, -0.2) is 19.2 Å². The zero-order chi connectivity index (χ0) is 15.2. The third-order valence-electron chi connectivity index (χ3n) is 2.95. The molecule has 0 atom stereocenters. The Kier molecular flexibility index (Phi) is 4.98. The highest BCUT2D eigenvalue weighted by Crippen LogP contribution is 2.18. The standard InChI is InChI=1S/C16H17FN2O2/c1-3-5-14-13(16(20)21-4-2)10-18-15(19-14)11-6-8-12(17)9-7-11/h6-10H,3-5H2,1-2H3. The molecule has 0 aliphatic carbocycles. The van der Waals surface area contributed by atoms with E-state index in [0.29, 0.717) is 35.7 Å². The predicted molar refractivity (Wildman–Crippen MR) is 77.4 cm³/mol. The Balaban J connectivity index is 2.39. The molecule has 0 fully saturated rings. The van der Waals surface area contributed by atoms with Gasteiger partial charge in [-0.15, -0.1) is 0 Å². The van der Waals surface area contributed by atoms with Gasteiger partial charge in [-0.1, -0.05) is 13.3 Å². The maximum atomic E-state index is 13.0. The summed E-state index contributed by atoms with van der Waals surface area (Å²) in [5.74, 6) is -0.242. The molecule has 0 bridgehead atoms. The van der Waals surface area contributed by atoms with Crippen LogP contribution in [-0.4, -0.2) is 22.5 Å². The van der Waals surface area contributed by atoms with Crippen LogP contribution < -0.4 is 0 Å². The van der Waals surface area contributed by atoms with Crippen molar-refractivity contribution in [2.24, 2.45) is 0 Å². The molecule has 1 aromatic heterocycles. The molecule has 0 saturated carbocycles. The van der Waals surface area contributed by atoms with Crippen LogP contribution in [0.25, 0.3) is 11.4 Å². The van der Waals surface area contributed by atoms with Crippen LogP contribution in [0.1, 0.15) is 36.3 Å². The third-order valence-corrected chi connectivity index (χ3v) is 2.95. The van der Waals surface area contributed by atoms with Gasteiger partial charge < -0.3 is 4.74 Å². The second kappa shape index (κ2) is 6.92. The van der Waals surface area contributed by atoms with Crippen LogP contribution in [-0.2, 0) is 11.2 Å². The third kappa shape index (κ3) is 3.62. The van der Waals surface area contributed by atoms with Gasteiger partial charge in [-0.3, -0.25) is 0 Å². The number of carbonyl (C=O) groups excluding carboxylic acids is 1. The van der Waals surface area contributed by atoms with Crippen LogP contribution >= 0.6 is 0 Å². The van der Waals surface area contributed by atoms with Crippen LogP contribution in [0, 0.1) is 5.82 Å². The molecular weight excluding hydrogens is 271 g/mol. The highest BCUT2D eigenvalue weighted by molar-refractivity contribution is 5.90. The number of hydrogen-bond donors (Lipinski definition) is 0. The lowest BCUT2D eigenvalue weighted by molar-refractivity contribution is 0.0524. The molecule has 1 heterocycles. The van der Waals surface area contributed by atoms with Crippen molar-refractivity contribution in [3.8, 4) is 11.4 Å². The van der Waals surface area contributed by atoms with Crippen LogP contribution in [0.3, 0.4) is 0 Å². The smallest absolute Gasteiger partial charge is 0.341 e. The van der Waals surface area contributed by atoms with Crippen molar-refractivity contribution in [3.63, 3.8) is 0 Å². The highest BCUT2D eigenvalue weighted by atomic mass is 19.1. The van der Waals surface area contributed by atoms with E-state index in [2.05, 4.69) is 9.97 Å². The van der Waals surface area contributed by atoms with Gasteiger partial charge in [0.25, 0.3) is 0 Å². The first-order valence-corrected chi connectivity index (χ1v) is 6.94. The maximum Gasteiger partial charge on any atom is 0.341 e. The topological polar surface area (TPSA) is 52.1 Å². The van der Waals surface area contributed by atoms with E-state index in [0.717, 1.165) is 6.42 Å². The van der Waals surface area contributed by atoms with E-state index in [1.54, 1.807) is 19.1 Å². The summed E-state index contributed by atoms with van der Waals surface area (Å²) < 4.78 is 18.0. The Labute approximate surface area is 123 Å². The van der Waals surface area contributed by atoms with Crippen molar-refractivity contribution in [1.29, 1.82) is 0 Å². The van der Waals surface area contributed by atoms with E-state index in [4.69, 9.17) is 4.74 Å². The molecule has 4 nitrogen and oxygen atoms in total. The van der Waals surface area contributed by atoms with E-state index in [-0.39, 0.29) is 5.82 Å². The largest absolute Gasteiger partial charge is 0.462 e. The maximum absolute atomic E-state index is 13.0. The van der Waals surface area contributed by atoms with E-state index in [1.165, 1.54) is 18.3 Å². The van der Waals surface area contributed by atoms with Gasteiger partial charge in [0, 0.05) is 11.8 Å². The molecule has 2 rings (SSSR count). The molecule has 0 unspecified atom stereocenters. The van der Waals surface area contributed by atoms with E-state index in [1.807, 2.05) is 6.92 Å². The van der Waals surface area contributed by atoms with Gasteiger partial charge in [-0.2, -0.15) is 0 Å². The first kappa shape index (κ1) is 15.1. The normalized spacial score (nSPS) is 10.4. The second-order valence-corrected chi connectivity index (χ2v) is 4.53. The van der Waals surface area contributed by atoms with E-state index < -0.39 is 5.97 Å². The van der Waals surface area contributed by atoms with Crippen molar-refractivity contribution in [1.82, 2.24) is 9.97 Å². The minimum atomic E-state index is -0.411. The summed E-state index contributed by atoms with van der Waals surface area (Å²) in [6.07, 6.45) is 2.99. The number of halogens is 1. The molecule has 0 spiro atoms. The molecule has 0 saturated heterocycles.